The van der Waals surface area contributed by atoms with E-state index >= 15 is 0 Å². The van der Waals surface area contributed by atoms with Crippen LogP contribution < -0.4 is 0 Å². The summed E-state index contributed by atoms with van der Waals surface area (Å²) in [6.45, 7) is 14.0. The van der Waals surface area contributed by atoms with Crippen molar-refractivity contribution in [3.63, 3.8) is 0 Å². The van der Waals surface area contributed by atoms with Crippen LogP contribution in [0.4, 0.5) is 0 Å². The van der Waals surface area contributed by atoms with Gasteiger partial charge in [0, 0.05) is 24.7 Å². The topological polar surface area (TPSA) is 12.5 Å². The first-order valence-corrected chi connectivity index (χ1v) is 5.75. The minimum Gasteiger partial charge on any atom is -0.381 e. The number of hydrogen-bond acceptors (Lipinski definition) is 2. The summed E-state index contributed by atoms with van der Waals surface area (Å²) in [7, 11) is 1.82. The van der Waals surface area contributed by atoms with E-state index in [1.807, 2.05) is 13.2 Å². The first kappa shape index (κ1) is 12.7. The maximum absolute atomic E-state index is 5.54. The lowest BCUT2D eigenvalue weighted by atomic mass is 9.78. The Morgan fingerprint density at radius 2 is 1.73 bits per heavy atom. The Hall–Kier alpha value is -0.340. The van der Waals surface area contributed by atoms with Crippen LogP contribution in [-0.4, -0.2) is 35.7 Å². The zero-order valence-electron chi connectivity index (χ0n) is 10.8. The lowest BCUT2D eigenvalue weighted by Gasteiger charge is -2.54. The van der Waals surface area contributed by atoms with Gasteiger partial charge >= 0.3 is 0 Å². The first-order valence-electron chi connectivity index (χ1n) is 5.75. The molecule has 88 valence electrons. The molecular weight excluding hydrogens is 186 g/mol. The molecule has 0 N–H and O–H groups in total. The summed E-state index contributed by atoms with van der Waals surface area (Å²) in [6, 6.07) is 0. The van der Waals surface area contributed by atoms with Crippen LogP contribution >= 0.6 is 0 Å². The van der Waals surface area contributed by atoms with Crippen molar-refractivity contribution in [2.45, 2.75) is 57.7 Å². The molecule has 1 aliphatic rings. The summed E-state index contributed by atoms with van der Waals surface area (Å²) in [5.41, 5.74) is 0.382. The van der Waals surface area contributed by atoms with Crippen molar-refractivity contribution in [2.24, 2.45) is 0 Å². The molecule has 15 heavy (non-hydrogen) atoms. The van der Waals surface area contributed by atoms with Crippen molar-refractivity contribution < 1.29 is 4.74 Å². The Kier molecular flexibility index (Phi) is 3.62. The number of rotatable bonds is 3. The fraction of sp³-hybridized carbons (Fsp3) is 0.846. The Morgan fingerprint density at radius 3 is 2.07 bits per heavy atom. The molecule has 1 heterocycles. The maximum Gasteiger partial charge on any atom is 0.0606 e. The summed E-state index contributed by atoms with van der Waals surface area (Å²) >= 11 is 0. The number of piperidine rings is 1. The maximum atomic E-state index is 5.54. The normalized spacial score (nSPS) is 26.5. The molecule has 2 heteroatoms. The van der Waals surface area contributed by atoms with E-state index in [9.17, 15) is 0 Å². The molecule has 0 atom stereocenters. The van der Waals surface area contributed by atoms with Crippen LogP contribution in [0, 0.1) is 0 Å². The third-order valence-corrected chi connectivity index (χ3v) is 3.56. The Bertz CT molecular complexity index is 215. The number of methoxy groups -OCH3 is 1. The molecule has 2 nitrogen and oxygen atoms in total. The number of likely N-dealkylation sites (tertiary alicyclic amines) is 1. The highest BCUT2D eigenvalue weighted by molar-refractivity contribution is 5.02. The van der Waals surface area contributed by atoms with Gasteiger partial charge in [0.15, 0.2) is 0 Å². The van der Waals surface area contributed by atoms with Crippen molar-refractivity contribution in [2.75, 3.05) is 13.7 Å². The van der Waals surface area contributed by atoms with E-state index in [1.54, 1.807) is 0 Å². The minimum atomic E-state index is 0.191. The average molecular weight is 211 g/mol. The number of nitrogens with zero attached hydrogens (tertiary/aromatic N) is 1. The summed E-state index contributed by atoms with van der Waals surface area (Å²) in [5, 5.41) is 0. The van der Waals surface area contributed by atoms with E-state index in [2.05, 4.69) is 39.2 Å². The second-order valence-corrected chi connectivity index (χ2v) is 5.79. The van der Waals surface area contributed by atoms with Crippen LogP contribution in [0.3, 0.4) is 0 Å². The molecule has 1 rings (SSSR count). The third kappa shape index (κ3) is 2.61. The highest BCUT2D eigenvalue weighted by atomic mass is 16.5. The average Bonchev–Trinajstić information content (AvgIpc) is 2.10. The van der Waals surface area contributed by atoms with Crippen molar-refractivity contribution in [3.8, 4) is 0 Å². The molecule has 0 aromatic carbocycles. The van der Waals surface area contributed by atoms with Crippen LogP contribution in [0.5, 0.6) is 0 Å². The zero-order chi connectivity index (χ0) is 11.7. The predicted molar refractivity (Wildman–Crippen MR) is 65.1 cm³/mol. The van der Waals surface area contributed by atoms with Gasteiger partial charge in [-0.15, -0.1) is 6.58 Å². The quantitative estimate of drug-likeness (QED) is 0.666. The fourth-order valence-corrected chi connectivity index (χ4v) is 3.02. The lowest BCUT2D eigenvalue weighted by Crippen LogP contribution is -2.61. The van der Waals surface area contributed by atoms with Gasteiger partial charge in [0.2, 0.25) is 0 Å². The molecular formula is C13H25NO. The minimum absolute atomic E-state index is 0.191. The SMILES string of the molecule is C=CCN1C(C)(C)CC(OC)CC1(C)C. The Balaban J connectivity index is 2.89. The van der Waals surface area contributed by atoms with Gasteiger partial charge in [0.1, 0.15) is 0 Å². The monoisotopic (exact) mass is 211 g/mol. The van der Waals surface area contributed by atoms with Gasteiger partial charge in [0.05, 0.1) is 6.10 Å². The molecule has 1 saturated heterocycles. The molecule has 1 fully saturated rings. The van der Waals surface area contributed by atoms with Crippen LogP contribution in [0.2, 0.25) is 0 Å². The molecule has 0 aromatic rings. The van der Waals surface area contributed by atoms with Gasteiger partial charge < -0.3 is 4.74 Å². The molecule has 0 unspecified atom stereocenters. The largest absolute Gasteiger partial charge is 0.381 e. The van der Waals surface area contributed by atoms with Crippen molar-refractivity contribution in [1.82, 2.24) is 4.90 Å². The highest BCUT2D eigenvalue weighted by Crippen LogP contribution is 2.38. The summed E-state index contributed by atoms with van der Waals surface area (Å²) in [4.78, 5) is 2.53. The van der Waals surface area contributed by atoms with Gasteiger partial charge in [-0.3, -0.25) is 4.90 Å². The van der Waals surface area contributed by atoms with Crippen LogP contribution in [-0.2, 0) is 4.74 Å². The first-order chi connectivity index (χ1) is 6.83. The second-order valence-electron chi connectivity index (χ2n) is 5.79. The van der Waals surface area contributed by atoms with E-state index < -0.39 is 0 Å². The van der Waals surface area contributed by atoms with Gasteiger partial charge in [-0.25, -0.2) is 0 Å². The van der Waals surface area contributed by atoms with E-state index in [4.69, 9.17) is 4.74 Å². The third-order valence-electron chi connectivity index (χ3n) is 3.56. The van der Waals surface area contributed by atoms with E-state index in [0.717, 1.165) is 19.4 Å². The van der Waals surface area contributed by atoms with Gasteiger partial charge in [-0.1, -0.05) is 6.08 Å². The van der Waals surface area contributed by atoms with Crippen molar-refractivity contribution >= 4 is 0 Å². The molecule has 0 bridgehead atoms. The Morgan fingerprint density at radius 1 is 1.27 bits per heavy atom. The van der Waals surface area contributed by atoms with Gasteiger partial charge in [-0.2, -0.15) is 0 Å². The molecule has 0 aliphatic carbocycles. The van der Waals surface area contributed by atoms with Gasteiger partial charge in [0.25, 0.3) is 0 Å². The summed E-state index contributed by atoms with van der Waals surface area (Å²) in [5.74, 6) is 0. The van der Waals surface area contributed by atoms with Crippen LogP contribution in [0.15, 0.2) is 12.7 Å². The van der Waals surface area contributed by atoms with Crippen molar-refractivity contribution in [3.05, 3.63) is 12.7 Å². The summed E-state index contributed by atoms with van der Waals surface area (Å²) in [6.07, 6.45) is 4.58. The summed E-state index contributed by atoms with van der Waals surface area (Å²) < 4.78 is 5.54. The Labute approximate surface area is 94.3 Å². The molecule has 0 radical (unpaired) electrons. The fourth-order valence-electron chi connectivity index (χ4n) is 3.02. The molecule has 0 aromatic heterocycles. The van der Waals surface area contributed by atoms with E-state index in [0.29, 0.717) is 6.10 Å². The smallest absolute Gasteiger partial charge is 0.0606 e. The van der Waals surface area contributed by atoms with E-state index in [-0.39, 0.29) is 11.1 Å². The zero-order valence-corrected chi connectivity index (χ0v) is 10.8. The molecule has 0 saturated carbocycles. The molecule has 0 spiro atoms. The van der Waals surface area contributed by atoms with Crippen LogP contribution in [0.1, 0.15) is 40.5 Å². The standard InChI is InChI=1S/C13H25NO/c1-7-8-14-12(2,3)9-11(15-6)10-13(14,4)5/h7,11H,1,8-10H2,2-6H3. The van der Waals surface area contributed by atoms with Gasteiger partial charge in [-0.05, 0) is 40.5 Å². The lowest BCUT2D eigenvalue weighted by molar-refractivity contribution is -0.0865. The second kappa shape index (κ2) is 4.26. The van der Waals surface area contributed by atoms with Crippen molar-refractivity contribution in [1.29, 1.82) is 0 Å². The molecule has 0 amide bonds. The van der Waals surface area contributed by atoms with Crippen LogP contribution in [0.25, 0.3) is 0 Å². The predicted octanol–water partition coefficient (Wildman–Crippen LogP) is 2.84. The van der Waals surface area contributed by atoms with E-state index in [1.165, 1.54) is 0 Å². The molecule has 1 aliphatic heterocycles. The number of hydrogen-bond donors (Lipinski definition) is 0. The number of ether oxygens (including phenoxy) is 1. The highest BCUT2D eigenvalue weighted by Gasteiger charge is 2.44.